The van der Waals surface area contributed by atoms with Crippen LogP contribution in [0.4, 0.5) is 17.6 Å². The molecule has 2 aliphatic rings. The Morgan fingerprint density at radius 2 is 1.90 bits per heavy atom. The lowest BCUT2D eigenvalue weighted by molar-refractivity contribution is -0.173. The summed E-state index contributed by atoms with van der Waals surface area (Å²) in [5, 5.41) is 1.84. The molecule has 204 valence electrons. The molecule has 0 N–H and O–H groups in total. The molecule has 0 saturated heterocycles. The van der Waals surface area contributed by atoms with Crippen molar-refractivity contribution in [1.82, 2.24) is 9.58 Å². The van der Waals surface area contributed by atoms with Crippen molar-refractivity contribution in [1.29, 1.82) is 0 Å². The van der Waals surface area contributed by atoms with E-state index in [1.807, 2.05) is 0 Å². The number of fused-ring (bicyclic) bond motifs is 3. The number of esters is 1. The first-order valence-electron chi connectivity index (χ1n) is 11.7. The number of rotatable bonds is 3. The van der Waals surface area contributed by atoms with Crippen LogP contribution in [0.25, 0.3) is 0 Å². The number of carbonyl (C=O) groups is 2. The summed E-state index contributed by atoms with van der Waals surface area (Å²) in [6, 6.07) is 7.16. The third kappa shape index (κ3) is 4.76. The maximum atomic E-state index is 14.3. The van der Waals surface area contributed by atoms with Crippen LogP contribution in [0, 0.1) is 5.82 Å². The van der Waals surface area contributed by atoms with Gasteiger partial charge in [-0.05, 0) is 41.8 Å². The number of thioether (sulfide) groups is 1. The zero-order valence-electron chi connectivity index (χ0n) is 20.5. The van der Waals surface area contributed by atoms with Gasteiger partial charge >= 0.3 is 12.1 Å². The normalized spacial score (nSPS) is 17.6. The summed E-state index contributed by atoms with van der Waals surface area (Å²) in [6.45, 7) is 1.28. The third-order valence-electron chi connectivity index (χ3n) is 6.62. The predicted octanol–water partition coefficient (Wildman–Crippen LogP) is 5.26. The van der Waals surface area contributed by atoms with Gasteiger partial charge in [-0.2, -0.15) is 13.2 Å². The van der Waals surface area contributed by atoms with Gasteiger partial charge in [-0.25, -0.2) is 4.39 Å². The summed E-state index contributed by atoms with van der Waals surface area (Å²) >= 11 is 7.87. The molecule has 13 heteroatoms. The minimum absolute atomic E-state index is 0.325. The van der Waals surface area contributed by atoms with Gasteiger partial charge in [-0.15, -0.1) is 11.8 Å². The van der Waals surface area contributed by atoms with E-state index < -0.39 is 59.5 Å². The molecule has 2 aliphatic heterocycles. The Labute approximate surface area is 228 Å². The van der Waals surface area contributed by atoms with Crippen LogP contribution in [0.3, 0.4) is 0 Å². The van der Waals surface area contributed by atoms with E-state index in [9.17, 15) is 31.9 Å². The second-order valence-electron chi connectivity index (χ2n) is 9.06. The van der Waals surface area contributed by atoms with E-state index in [1.54, 1.807) is 18.2 Å². The van der Waals surface area contributed by atoms with Crippen LogP contribution < -0.4 is 15.2 Å². The Morgan fingerprint density at radius 3 is 2.59 bits per heavy atom. The van der Waals surface area contributed by atoms with Gasteiger partial charge in [0.05, 0.1) is 11.1 Å². The smallest absolute Gasteiger partial charge is 0.408 e. The van der Waals surface area contributed by atoms with Crippen LogP contribution in [0.2, 0.25) is 5.02 Å². The quantitative estimate of drug-likeness (QED) is 0.310. The van der Waals surface area contributed by atoms with Crippen LogP contribution in [-0.2, 0) is 10.5 Å². The van der Waals surface area contributed by atoms with Gasteiger partial charge in [-0.3, -0.25) is 24.1 Å². The Morgan fingerprint density at radius 1 is 1.15 bits per heavy atom. The van der Waals surface area contributed by atoms with Gasteiger partial charge in [0.15, 0.2) is 5.69 Å². The summed E-state index contributed by atoms with van der Waals surface area (Å²) in [5.74, 6) is -2.92. The fourth-order valence-electron chi connectivity index (χ4n) is 4.76. The Balaban J connectivity index is 1.82. The highest BCUT2D eigenvalue weighted by atomic mass is 35.5. The van der Waals surface area contributed by atoms with Gasteiger partial charge in [-0.1, -0.05) is 29.8 Å². The van der Waals surface area contributed by atoms with Gasteiger partial charge < -0.3 is 9.64 Å². The number of nitrogens with zero attached hydrogens (tertiary/aromatic N) is 3. The summed E-state index contributed by atoms with van der Waals surface area (Å²) in [4.78, 5) is 39.2. The average molecular weight is 582 g/mol. The van der Waals surface area contributed by atoms with Crippen molar-refractivity contribution in [3.63, 3.8) is 0 Å². The van der Waals surface area contributed by atoms with Crippen LogP contribution in [0.1, 0.15) is 47.1 Å². The minimum Gasteiger partial charge on any atom is -0.420 e. The molecule has 3 aromatic rings. The second-order valence-corrected chi connectivity index (χ2v) is 10.5. The SMILES string of the molecule is CC(=O)Oc1c2n(ccc1=O)N([C@@H]1c3ccc(F)cc3CSc3c(Cl)cccc31)CN([C@H](C)C(F)(F)F)C2=O. The molecule has 0 radical (unpaired) electrons. The maximum Gasteiger partial charge on any atom is 0.408 e. The number of amides is 1. The van der Waals surface area contributed by atoms with Crippen LogP contribution in [-0.4, -0.2) is 40.3 Å². The van der Waals surface area contributed by atoms with Crippen molar-refractivity contribution in [2.75, 3.05) is 11.7 Å². The molecule has 1 amide bonds. The number of benzene rings is 2. The molecule has 0 aliphatic carbocycles. The molecule has 0 spiro atoms. The van der Waals surface area contributed by atoms with Gasteiger partial charge in [0.2, 0.25) is 11.2 Å². The van der Waals surface area contributed by atoms with Gasteiger partial charge in [0.1, 0.15) is 18.5 Å². The molecule has 0 fully saturated rings. The molecule has 0 saturated carbocycles. The molecule has 7 nitrogen and oxygen atoms in total. The molecule has 5 rings (SSSR count). The van der Waals surface area contributed by atoms with Crippen molar-refractivity contribution < 1.29 is 31.9 Å². The van der Waals surface area contributed by atoms with Gasteiger partial charge in [0.25, 0.3) is 5.91 Å². The van der Waals surface area contributed by atoms with E-state index in [0.717, 1.165) is 19.9 Å². The van der Waals surface area contributed by atoms with Crippen LogP contribution in [0.15, 0.2) is 58.4 Å². The van der Waals surface area contributed by atoms with Crippen molar-refractivity contribution in [3.05, 3.63) is 92.1 Å². The summed E-state index contributed by atoms with van der Waals surface area (Å²) in [5.41, 5.74) is 0.355. The van der Waals surface area contributed by atoms with Crippen molar-refractivity contribution in [2.45, 2.75) is 42.8 Å². The molecule has 2 aromatic carbocycles. The molecular weight excluding hydrogens is 562 g/mol. The van der Waals surface area contributed by atoms with Crippen molar-refractivity contribution in [3.8, 4) is 5.75 Å². The Hall–Kier alpha value is -3.51. The molecule has 2 atom stereocenters. The molecule has 3 heterocycles. The Kier molecular flexibility index (Phi) is 6.88. The van der Waals surface area contributed by atoms with E-state index in [2.05, 4.69) is 0 Å². The fourth-order valence-corrected chi connectivity index (χ4v) is 6.21. The molecule has 1 aromatic heterocycles. The minimum atomic E-state index is -4.80. The monoisotopic (exact) mass is 581 g/mol. The number of pyridine rings is 1. The zero-order valence-corrected chi connectivity index (χ0v) is 22.0. The Bertz CT molecular complexity index is 1560. The van der Waals surface area contributed by atoms with E-state index in [0.29, 0.717) is 37.3 Å². The molecule has 0 bridgehead atoms. The molecule has 0 unspecified atom stereocenters. The average Bonchev–Trinajstić information content (AvgIpc) is 3.02. The number of alkyl halides is 3. The number of aromatic nitrogens is 1. The van der Waals surface area contributed by atoms with Crippen LogP contribution >= 0.6 is 23.4 Å². The first-order valence-corrected chi connectivity index (χ1v) is 13.0. The fraction of sp³-hybridized carbons (Fsp3) is 0.269. The lowest BCUT2D eigenvalue weighted by atomic mass is 9.94. The zero-order chi connectivity index (χ0) is 28.2. The molecular formula is C26H20ClF4N3O4S. The highest BCUT2D eigenvalue weighted by Crippen LogP contribution is 2.46. The highest BCUT2D eigenvalue weighted by Gasteiger charge is 2.48. The van der Waals surface area contributed by atoms with Crippen molar-refractivity contribution in [2.24, 2.45) is 0 Å². The second kappa shape index (κ2) is 9.91. The summed E-state index contributed by atoms with van der Waals surface area (Å²) in [6.07, 6.45) is -3.56. The number of carbonyl (C=O) groups excluding carboxylic acids is 2. The number of hydrogen-bond acceptors (Lipinski definition) is 6. The third-order valence-corrected chi connectivity index (χ3v) is 8.25. The highest BCUT2D eigenvalue weighted by molar-refractivity contribution is 7.98. The van der Waals surface area contributed by atoms with E-state index in [-0.39, 0.29) is 0 Å². The number of hydrogen-bond donors (Lipinski definition) is 0. The predicted molar refractivity (Wildman–Crippen MR) is 136 cm³/mol. The van der Waals surface area contributed by atoms with E-state index in [1.165, 1.54) is 45.8 Å². The standard InChI is InChI=1S/C26H20ClF4N3O4S/c1-13(26(29,30)31)32-12-34(33-9-8-20(36)23(38-14(2)35)22(33)25(32)37)21-17-7-6-16(28)10-15(17)11-39-24-18(21)4-3-5-19(24)27/h3-10,13,21H,11-12H2,1-2H3/t13-,21-/m1/s1. The van der Waals surface area contributed by atoms with Crippen LogP contribution in [0.5, 0.6) is 5.75 Å². The summed E-state index contributed by atoms with van der Waals surface area (Å²) < 4.78 is 62.4. The lowest BCUT2D eigenvalue weighted by Crippen LogP contribution is -2.60. The largest absolute Gasteiger partial charge is 0.420 e. The van der Waals surface area contributed by atoms with E-state index in [4.69, 9.17) is 16.3 Å². The number of ether oxygens (including phenoxy) is 1. The maximum absolute atomic E-state index is 14.3. The lowest BCUT2D eigenvalue weighted by Gasteiger charge is -2.46. The number of halogens is 5. The van der Waals surface area contributed by atoms with Gasteiger partial charge in [0, 0.05) is 29.8 Å². The molecule has 39 heavy (non-hydrogen) atoms. The topological polar surface area (TPSA) is 71.8 Å². The first kappa shape index (κ1) is 27.1. The van der Waals surface area contributed by atoms with E-state index >= 15 is 0 Å². The summed E-state index contributed by atoms with van der Waals surface area (Å²) in [7, 11) is 0. The van der Waals surface area contributed by atoms with Crippen molar-refractivity contribution >= 4 is 35.2 Å². The first-order chi connectivity index (χ1) is 18.4.